The van der Waals surface area contributed by atoms with Gasteiger partial charge in [0.1, 0.15) is 0 Å². The maximum atomic E-state index is 4.47. The first kappa shape index (κ1) is 7.42. The average Bonchev–Trinajstić information content (AvgIpc) is 1.89. The maximum Gasteiger partial charge on any atom is 0.0181 e. The maximum absolute atomic E-state index is 4.47. The molecule has 1 nitrogen and oxygen atoms in total. The van der Waals surface area contributed by atoms with E-state index in [0.717, 1.165) is 0 Å². The van der Waals surface area contributed by atoms with E-state index in [9.17, 15) is 0 Å². The minimum atomic E-state index is 0.601. The van der Waals surface area contributed by atoms with Crippen LogP contribution >= 0.6 is 12.6 Å². The van der Waals surface area contributed by atoms with E-state index in [1.807, 2.05) is 7.05 Å². The summed E-state index contributed by atoms with van der Waals surface area (Å²) in [7, 11) is 2.03. The fraction of sp³-hybridized carbons (Fsp3) is 1.00. The van der Waals surface area contributed by atoms with Crippen molar-refractivity contribution < 1.29 is 0 Å². The van der Waals surface area contributed by atoms with Crippen LogP contribution in [0.3, 0.4) is 0 Å². The average molecular weight is 145 g/mol. The zero-order valence-electron chi connectivity index (χ0n) is 5.93. The van der Waals surface area contributed by atoms with Gasteiger partial charge in [0.2, 0.25) is 0 Å². The predicted molar refractivity (Wildman–Crippen MR) is 44.1 cm³/mol. The molecule has 1 N–H and O–H groups in total. The lowest BCUT2D eigenvalue weighted by Crippen LogP contribution is -2.36. The molecule has 0 spiro atoms. The summed E-state index contributed by atoms with van der Waals surface area (Å²) < 4.78 is 0. The molecule has 2 heteroatoms. The highest BCUT2D eigenvalue weighted by Crippen LogP contribution is 2.21. The van der Waals surface area contributed by atoms with Crippen LogP contribution in [0, 0.1) is 0 Å². The van der Waals surface area contributed by atoms with Crippen molar-refractivity contribution in [3.05, 3.63) is 0 Å². The SMILES string of the molecule is CN[C@H]1CCCC[C@H]1S. The van der Waals surface area contributed by atoms with E-state index < -0.39 is 0 Å². The van der Waals surface area contributed by atoms with Crippen molar-refractivity contribution in [1.82, 2.24) is 5.32 Å². The van der Waals surface area contributed by atoms with Gasteiger partial charge >= 0.3 is 0 Å². The van der Waals surface area contributed by atoms with Crippen molar-refractivity contribution in [3.63, 3.8) is 0 Å². The third-order valence-electron chi connectivity index (χ3n) is 2.10. The Morgan fingerprint density at radius 3 is 2.44 bits per heavy atom. The van der Waals surface area contributed by atoms with Gasteiger partial charge in [-0.2, -0.15) is 12.6 Å². The van der Waals surface area contributed by atoms with Gasteiger partial charge in [-0.25, -0.2) is 0 Å². The highest BCUT2D eigenvalue weighted by Gasteiger charge is 2.19. The van der Waals surface area contributed by atoms with E-state index in [4.69, 9.17) is 0 Å². The molecule has 0 aromatic carbocycles. The molecule has 1 rings (SSSR count). The Kier molecular flexibility index (Phi) is 2.86. The second kappa shape index (κ2) is 3.47. The Morgan fingerprint density at radius 1 is 1.33 bits per heavy atom. The largest absolute Gasteiger partial charge is 0.316 e. The first-order valence-electron chi connectivity index (χ1n) is 3.70. The summed E-state index contributed by atoms with van der Waals surface area (Å²) in [5, 5.41) is 3.88. The normalized spacial score (nSPS) is 36.7. The van der Waals surface area contributed by atoms with Gasteiger partial charge in [0.15, 0.2) is 0 Å². The van der Waals surface area contributed by atoms with E-state index in [0.29, 0.717) is 11.3 Å². The van der Waals surface area contributed by atoms with Crippen LogP contribution in [-0.2, 0) is 0 Å². The molecule has 0 bridgehead atoms. The molecule has 54 valence electrons. The van der Waals surface area contributed by atoms with Crippen molar-refractivity contribution in [2.45, 2.75) is 37.0 Å². The summed E-state index contributed by atoms with van der Waals surface area (Å²) in [5.41, 5.74) is 0. The van der Waals surface area contributed by atoms with Gasteiger partial charge in [-0.1, -0.05) is 12.8 Å². The van der Waals surface area contributed by atoms with Gasteiger partial charge in [0.25, 0.3) is 0 Å². The lowest BCUT2D eigenvalue weighted by molar-refractivity contribution is 0.407. The molecular weight excluding hydrogens is 130 g/mol. The van der Waals surface area contributed by atoms with Crippen molar-refractivity contribution in [1.29, 1.82) is 0 Å². The fourth-order valence-electron chi connectivity index (χ4n) is 1.45. The zero-order chi connectivity index (χ0) is 6.69. The fourth-order valence-corrected chi connectivity index (χ4v) is 1.93. The molecule has 1 aliphatic carbocycles. The van der Waals surface area contributed by atoms with Crippen LogP contribution in [-0.4, -0.2) is 18.3 Å². The monoisotopic (exact) mass is 145 g/mol. The molecule has 1 saturated carbocycles. The number of thiol groups is 1. The summed E-state index contributed by atoms with van der Waals surface area (Å²) in [4.78, 5) is 0. The summed E-state index contributed by atoms with van der Waals surface area (Å²) in [6.45, 7) is 0. The van der Waals surface area contributed by atoms with E-state index in [2.05, 4.69) is 17.9 Å². The van der Waals surface area contributed by atoms with Crippen LogP contribution in [0.25, 0.3) is 0 Å². The molecular formula is C7H15NS. The quantitative estimate of drug-likeness (QED) is 0.532. The number of hydrogen-bond donors (Lipinski definition) is 2. The molecule has 9 heavy (non-hydrogen) atoms. The van der Waals surface area contributed by atoms with Gasteiger partial charge < -0.3 is 5.32 Å². The third-order valence-corrected chi connectivity index (χ3v) is 2.72. The molecule has 0 saturated heterocycles. The van der Waals surface area contributed by atoms with Gasteiger partial charge in [0.05, 0.1) is 0 Å². The summed E-state index contributed by atoms with van der Waals surface area (Å²) in [5.74, 6) is 0. The molecule has 0 aromatic rings. The van der Waals surface area contributed by atoms with Crippen LogP contribution in [0.1, 0.15) is 25.7 Å². The van der Waals surface area contributed by atoms with Crippen LogP contribution < -0.4 is 5.32 Å². The van der Waals surface area contributed by atoms with Crippen molar-refractivity contribution >= 4 is 12.6 Å². The highest BCUT2D eigenvalue weighted by atomic mass is 32.1. The Labute approximate surface area is 62.6 Å². The highest BCUT2D eigenvalue weighted by molar-refractivity contribution is 7.81. The Bertz CT molecular complexity index is 85.0. The zero-order valence-corrected chi connectivity index (χ0v) is 6.82. The number of nitrogens with one attached hydrogen (secondary N) is 1. The molecule has 0 unspecified atom stereocenters. The number of rotatable bonds is 1. The van der Waals surface area contributed by atoms with Gasteiger partial charge in [-0.15, -0.1) is 0 Å². The lowest BCUT2D eigenvalue weighted by Gasteiger charge is -2.27. The van der Waals surface area contributed by atoms with Crippen LogP contribution in [0.2, 0.25) is 0 Å². The molecule has 2 atom stereocenters. The molecule has 0 aliphatic heterocycles. The minimum Gasteiger partial charge on any atom is -0.316 e. The summed E-state index contributed by atoms with van der Waals surface area (Å²) in [6, 6.07) is 0.669. The molecule has 0 radical (unpaired) electrons. The van der Waals surface area contributed by atoms with E-state index >= 15 is 0 Å². The molecule has 0 heterocycles. The van der Waals surface area contributed by atoms with Crippen molar-refractivity contribution in [3.8, 4) is 0 Å². The first-order chi connectivity index (χ1) is 4.34. The van der Waals surface area contributed by atoms with Crippen LogP contribution in [0.4, 0.5) is 0 Å². The van der Waals surface area contributed by atoms with E-state index in [-0.39, 0.29) is 0 Å². The molecule has 0 amide bonds. The second-order valence-electron chi connectivity index (χ2n) is 2.75. The van der Waals surface area contributed by atoms with Crippen LogP contribution in [0.5, 0.6) is 0 Å². The van der Waals surface area contributed by atoms with E-state index in [1.165, 1.54) is 25.7 Å². The van der Waals surface area contributed by atoms with Gasteiger partial charge in [-0.05, 0) is 19.9 Å². The Morgan fingerprint density at radius 2 is 2.00 bits per heavy atom. The summed E-state index contributed by atoms with van der Waals surface area (Å²) in [6.07, 6.45) is 5.34. The Hall–Kier alpha value is 0.310. The number of hydrogen-bond acceptors (Lipinski definition) is 2. The smallest absolute Gasteiger partial charge is 0.0181 e. The standard InChI is InChI=1S/C7H15NS/c1-8-6-4-2-3-5-7(6)9/h6-9H,2-5H2,1H3/t6-,7+/m0/s1. The van der Waals surface area contributed by atoms with Crippen LogP contribution in [0.15, 0.2) is 0 Å². The predicted octanol–water partition coefficient (Wildman–Crippen LogP) is 1.45. The topological polar surface area (TPSA) is 12.0 Å². The van der Waals surface area contributed by atoms with Crippen molar-refractivity contribution in [2.75, 3.05) is 7.05 Å². The molecule has 1 fully saturated rings. The minimum absolute atomic E-state index is 0.601. The second-order valence-corrected chi connectivity index (χ2v) is 3.41. The first-order valence-corrected chi connectivity index (χ1v) is 4.21. The Balaban J connectivity index is 2.30. The summed E-state index contributed by atoms with van der Waals surface area (Å²) >= 11 is 4.47. The lowest BCUT2D eigenvalue weighted by atomic mass is 9.95. The molecule has 1 aliphatic rings. The van der Waals surface area contributed by atoms with Gasteiger partial charge in [-0.3, -0.25) is 0 Å². The van der Waals surface area contributed by atoms with Crippen molar-refractivity contribution in [2.24, 2.45) is 0 Å². The molecule has 0 aromatic heterocycles. The van der Waals surface area contributed by atoms with E-state index in [1.54, 1.807) is 0 Å². The third kappa shape index (κ3) is 1.87. The van der Waals surface area contributed by atoms with Gasteiger partial charge in [0, 0.05) is 11.3 Å².